The molecule has 0 saturated heterocycles. The van der Waals surface area contributed by atoms with Crippen LogP contribution in [-0.4, -0.2) is 43.4 Å². The van der Waals surface area contributed by atoms with E-state index in [9.17, 15) is 5.11 Å². The molecule has 3 aromatic rings. The van der Waals surface area contributed by atoms with Gasteiger partial charge in [0.15, 0.2) is 11.5 Å². The summed E-state index contributed by atoms with van der Waals surface area (Å²) in [4.78, 5) is 2.10. The first-order valence-electron chi connectivity index (χ1n) is 11.6. The fourth-order valence-corrected chi connectivity index (χ4v) is 4.22. The molecule has 1 fully saturated rings. The van der Waals surface area contributed by atoms with Crippen molar-refractivity contribution in [2.24, 2.45) is 0 Å². The Morgan fingerprint density at radius 3 is 2.30 bits per heavy atom. The molecule has 3 aromatic carbocycles. The second kappa shape index (κ2) is 10.8. The summed E-state index contributed by atoms with van der Waals surface area (Å²) in [5, 5.41) is 14.2. The first-order chi connectivity index (χ1) is 16.1. The van der Waals surface area contributed by atoms with Crippen LogP contribution < -0.4 is 14.8 Å². The number of methoxy groups -OCH3 is 1. The molecule has 4 rings (SSSR count). The number of aliphatic hydroxyl groups excluding tert-OH is 1. The Morgan fingerprint density at radius 1 is 0.939 bits per heavy atom. The van der Waals surface area contributed by atoms with E-state index in [1.165, 1.54) is 11.1 Å². The van der Waals surface area contributed by atoms with Gasteiger partial charge in [-0.05, 0) is 48.7 Å². The molecule has 0 bridgehead atoms. The highest BCUT2D eigenvalue weighted by atomic mass is 16.5. The van der Waals surface area contributed by atoms with Gasteiger partial charge in [-0.15, -0.1) is 0 Å². The summed E-state index contributed by atoms with van der Waals surface area (Å²) in [5.41, 5.74) is 3.78. The third-order valence-electron chi connectivity index (χ3n) is 6.18. The van der Waals surface area contributed by atoms with Gasteiger partial charge in [0, 0.05) is 25.2 Å². The molecule has 1 saturated carbocycles. The molecule has 174 valence electrons. The minimum atomic E-state index is -0.599. The topological polar surface area (TPSA) is 54.0 Å². The summed E-state index contributed by atoms with van der Waals surface area (Å²) in [6.07, 6.45) is 1.70. The van der Waals surface area contributed by atoms with Crippen LogP contribution >= 0.6 is 0 Å². The van der Waals surface area contributed by atoms with Crippen molar-refractivity contribution in [2.75, 3.05) is 27.3 Å². The zero-order valence-corrected chi connectivity index (χ0v) is 19.5. The summed E-state index contributed by atoms with van der Waals surface area (Å²) < 4.78 is 11.5. The van der Waals surface area contributed by atoms with E-state index in [1.807, 2.05) is 37.4 Å². The third kappa shape index (κ3) is 6.35. The molecular weight excluding hydrogens is 412 g/mol. The standard InChI is InChI=1S/C28H34N2O3/c1-30(19-22-9-5-3-6-10-22)20-25(31)21-33-27-17-23(13-14-26(27)32-2)18-29-28(15-16-28)24-11-7-4-8-12-24/h3-14,17,25,29,31H,15-16,18-21H2,1-2H3. The van der Waals surface area contributed by atoms with Gasteiger partial charge in [-0.3, -0.25) is 4.90 Å². The maximum Gasteiger partial charge on any atom is 0.161 e. The van der Waals surface area contributed by atoms with E-state index in [1.54, 1.807) is 7.11 Å². The van der Waals surface area contributed by atoms with Crippen LogP contribution in [0.5, 0.6) is 11.5 Å². The number of nitrogens with zero attached hydrogens (tertiary/aromatic N) is 1. The lowest BCUT2D eigenvalue weighted by Crippen LogP contribution is -2.32. The molecule has 1 unspecified atom stereocenters. The number of benzene rings is 3. The summed E-state index contributed by atoms with van der Waals surface area (Å²) in [5.74, 6) is 1.33. The largest absolute Gasteiger partial charge is 0.493 e. The average molecular weight is 447 g/mol. The van der Waals surface area contributed by atoms with Crippen LogP contribution in [0.1, 0.15) is 29.5 Å². The molecule has 0 amide bonds. The van der Waals surface area contributed by atoms with Gasteiger partial charge in [0.05, 0.1) is 7.11 Å². The molecule has 5 heteroatoms. The average Bonchev–Trinajstić information content (AvgIpc) is 3.64. The number of ether oxygens (including phenoxy) is 2. The number of hydrogen-bond acceptors (Lipinski definition) is 5. The Bertz CT molecular complexity index is 1010. The van der Waals surface area contributed by atoms with E-state index in [0.717, 1.165) is 31.5 Å². The van der Waals surface area contributed by atoms with Gasteiger partial charge in [-0.2, -0.15) is 0 Å². The van der Waals surface area contributed by atoms with E-state index in [2.05, 4.69) is 58.7 Å². The number of aliphatic hydroxyl groups is 1. The molecule has 33 heavy (non-hydrogen) atoms. The lowest BCUT2D eigenvalue weighted by Gasteiger charge is -2.22. The molecule has 0 radical (unpaired) electrons. The van der Waals surface area contributed by atoms with E-state index >= 15 is 0 Å². The van der Waals surface area contributed by atoms with Crippen molar-refractivity contribution in [3.05, 3.63) is 95.6 Å². The normalized spacial score (nSPS) is 15.3. The zero-order chi connectivity index (χ0) is 23.1. The highest BCUT2D eigenvalue weighted by Crippen LogP contribution is 2.45. The minimum absolute atomic E-state index is 0.0851. The molecule has 1 atom stereocenters. The SMILES string of the molecule is COc1ccc(CNC2(c3ccccc3)CC2)cc1OCC(O)CN(C)Cc1ccccc1. The van der Waals surface area contributed by atoms with Crippen LogP contribution in [0, 0.1) is 0 Å². The van der Waals surface area contributed by atoms with Gasteiger partial charge in [-0.1, -0.05) is 66.7 Å². The van der Waals surface area contributed by atoms with Crippen LogP contribution in [0.3, 0.4) is 0 Å². The number of hydrogen-bond donors (Lipinski definition) is 2. The fraction of sp³-hybridized carbons (Fsp3) is 0.357. The molecule has 0 aliphatic heterocycles. The number of rotatable bonds is 12. The van der Waals surface area contributed by atoms with Gasteiger partial charge in [0.1, 0.15) is 12.7 Å². The first-order valence-corrected chi connectivity index (χ1v) is 11.6. The van der Waals surface area contributed by atoms with Crippen LogP contribution in [0.2, 0.25) is 0 Å². The molecule has 0 aromatic heterocycles. The Labute approximate surface area is 197 Å². The maximum absolute atomic E-state index is 10.5. The van der Waals surface area contributed by atoms with Crippen LogP contribution in [0.25, 0.3) is 0 Å². The summed E-state index contributed by atoms with van der Waals surface area (Å²) in [6.45, 7) is 2.27. The maximum atomic E-state index is 10.5. The molecular formula is C28H34N2O3. The van der Waals surface area contributed by atoms with Crippen molar-refractivity contribution in [3.8, 4) is 11.5 Å². The van der Waals surface area contributed by atoms with E-state index in [-0.39, 0.29) is 12.1 Å². The van der Waals surface area contributed by atoms with Crippen molar-refractivity contribution in [3.63, 3.8) is 0 Å². The molecule has 5 nitrogen and oxygen atoms in total. The smallest absolute Gasteiger partial charge is 0.161 e. The Morgan fingerprint density at radius 2 is 1.64 bits per heavy atom. The second-order valence-electron chi connectivity index (χ2n) is 8.93. The quantitative estimate of drug-likeness (QED) is 0.433. The van der Waals surface area contributed by atoms with Crippen molar-refractivity contribution in [2.45, 2.75) is 37.6 Å². The molecule has 0 spiro atoms. The van der Waals surface area contributed by atoms with Gasteiger partial charge in [-0.25, -0.2) is 0 Å². The summed E-state index contributed by atoms with van der Waals surface area (Å²) >= 11 is 0. The van der Waals surface area contributed by atoms with Gasteiger partial charge in [0.2, 0.25) is 0 Å². The van der Waals surface area contributed by atoms with Crippen LogP contribution in [0.4, 0.5) is 0 Å². The van der Waals surface area contributed by atoms with Crippen molar-refractivity contribution < 1.29 is 14.6 Å². The van der Waals surface area contributed by atoms with Crippen molar-refractivity contribution in [1.82, 2.24) is 10.2 Å². The summed E-state index contributed by atoms with van der Waals surface area (Å²) in [6, 6.07) is 26.9. The fourth-order valence-electron chi connectivity index (χ4n) is 4.22. The molecule has 1 aliphatic rings. The Hall–Kier alpha value is -2.86. The van der Waals surface area contributed by atoms with Gasteiger partial charge < -0.3 is 19.9 Å². The predicted molar refractivity (Wildman–Crippen MR) is 131 cm³/mol. The van der Waals surface area contributed by atoms with E-state index in [4.69, 9.17) is 9.47 Å². The molecule has 0 heterocycles. The van der Waals surface area contributed by atoms with Crippen molar-refractivity contribution >= 4 is 0 Å². The lowest BCUT2D eigenvalue weighted by atomic mass is 10.0. The third-order valence-corrected chi connectivity index (χ3v) is 6.18. The van der Waals surface area contributed by atoms with Crippen LogP contribution in [-0.2, 0) is 18.6 Å². The highest BCUT2D eigenvalue weighted by molar-refractivity contribution is 5.43. The van der Waals surface area contributed by atoms with Crippen LogP contribution in [0.15, 0.2) is 78.9 Å². The lowest BCUT2D eigenvalue weighted by molar-refractivity contribution is 0.0732. The van der Waals surface area contributed by atoms with Gasteiger partial charge >= 0.3 is 0 Å². The number of likely N-dealkylation sites (N-methyl/N-ethyl adjacent to an activating group) is 1. The van der Waals surface area contributed by atoms with Gasteiger partial charge in [0.25, 0.3) is 0 Å². The summed E-state index contributed by atoms with van der Waals surface area (Å²) in [7, 11) is 3.64. The zero-order valence-electron chi connectivity index (χ0n) is 19.5. The van der Waals surface area contributed by atoms with Crippen molar-refractivity contribution in [1.29, 1.82) is 0 Å². The highest BCUT2D eigenvalue weighted by Gasteiger charge is 2.43. The Kier molecular flexibility index (Phi) is 7.65. The monoisotopic (exact) mass is 446 g/mol. The Balaban J connectivity index is 1.31. The number of nitrogens with one attached hydrogen (secondary N) is 1. The molecule has 2 N–H and O–H groups in total. The first kappa shape index (κ1) is 23.3. The predicted octanol–water partition coefficient (Wildman–Crippen LogP) is 4.35. The van der Waals surface area contributed by atoms with E-state index < -0.39 is 6.10 Å². The molecule has 1 aliphatic carbocycles. The van der Waals surface area contributed by atoms with E-state index in [0.29, 0.717) is 18.0 Å². The second-order valence-corrected chi connectivity index (χ2v) is 8.93. The minimum Gasteiger partial charge on any atom is -0.493 e.